The molecular weight excluding hydrogens is 344 g/mol. The maximum Gasteiger partial charge on any atom is 1.00 e. The fourth-order valence-electron chi connectivity index (χ4n) is 3.01. The molecular formula is C20H19FNNaO3. The van der Waals surface area contributed by atoms with E-state index in [1.165, 1.54) is 0 Å². The molecule has 1 aliphatic rings. The predicted octanol–water partition coefficient (Wildman–Crippen LogP) is -1.02. The van der Waals surface area contributed by atoms with E-state index in [4.69, 9.17) is 0 Å². The molecule has 3 atom stereocenters. The number of carbonyl (C=O) groups excluding carboxylic acids is 2. The van der Waals surface area contributed by atoms with Crippen LogP contribution < -0.4 is 40.0 Å². The van der Waals surface area contributed by atoms with Gasteiger partial charge in [-0.05, 0) is 18.1 Å². The first-order valence-electron chi connectivity index (χ1n) is 8.21. The maximum absolute atomic E-state index is 14.8. The second-order valence-corrected chi connectivity index (χ2v) is 6.54. The minimum atomic E-state index is -1.57. The first-order valence-corrected chi connectivity index (χ1v) is 8.21. The van der Waals surface area contributed by atoms with Crippen LogP contribution in [0.2, 0.25) is 0 Å². The van der Waals surface area contributed by atoms with Gasteiger partial charge in [-0.1, -0.05) is 60.2 Å². The number of aliphatic carboxylic acids is 1. The van der Waals surface area contributed by atoms with Crippen LogP contribution in [0.1, 0.15) is 35.4 Å². The summed E-state index contributed by atoms with van der Waals surface area (Å²) < 4.78 is 14.8. The van der Waals surface area contributed by atoms with E-state index >= 15 is 0 Å². The molecule has 3 unspecified atom stereocenters. The van der Waals surface area contributed by atoms with Crippen LogP contribution in [0.15, 0.2) is 54.6 Å². The SMILES string of the molecule is Cc1ccc(C(CC(=O)NC2CC2(F)c2ccccc2)C(=O)[O-])cc1.[Na+]. The van der Waals surface area contributed by atoms with Crippen LogP contribution in [-0.4, -0.2) is 17.9 Å². The van der Waals surface area contributed by atoms with Crippen molar-refractivity contribution in [1.82, 2.24) is 5.32 Å². The van der Waals surface area contributed by atoms with E-state index in [0.29, 0.717) is 11.1 Å². The van der Waals surface area contributed by atoms with Crippen molar-refractivity contribution in [1.29, 1.82) is 0 Å². The van der Waals surface area contributed by atoms with Gasteiger partial charge in [0.1, 0.15) is 0 Å². The summed E-state index contributed by atoms with van der Waals surface area (Å²) in [6, 6.07) is 14.9. The maximum atomic E-state index is 14.8. The molecule has 0 saturated heterocycles. The van der Waals surface area contributed by atoms with E-state index in [2.05, 4.69) is 5.32 Å². The quantitative estimate of drug-likeness (QED) is 0.668. The van der Waals surface area contributed by atoms with Crippen LogP contribution in [0.3, 0.4) is 0 Å². The average Bonchev–Trinajstić information content (AvgIpc) is 3.25. The van der Waals surface area contributed by atoms with Crippen LogP contribution >= 0.6 is 0 Å². The van der Waals surface area contributed by atoms with Crippen LogP contribution in [0, 0.1) is 6.92 Å². The number of amides is 1. The van der Waals surface area contributed by atoms with Crippen molar-refractivity contribution in [2.45, 2.75) is 37.4 Å². The topological polar surface area (TPSA) is 69.2 Å². The van der Waals surface area contributed by atoms with Gasteiger partial charge in [-0.3, -0.25) is 4.79 Å². The molecule has 1 saturated carbocycles. The Hall–Kier alpha value is -1.69. The summed E-state index contributed by atoms with van der Waals surface area (Å²) in [4.78, 5) is 23.6. The first kappa shape index (κ1) is 20.6. The molecule has 0 heterocycles. The Kier molecular flexibility index (Phi) is 6.61. The molecule has 0 spiro atoms. The Morgan fingerprint density at radius 3 is 2.38 bits per heavy atom. The van der Waals surface area contributed by atoms with Gasteiger partial charge in [0, 0.05) is 24.7 Å². The summed E-state index contributed by atoms with van der Waals surface area (Å²) in [7, 11) is 0. The van der Waals surface area contributed by atoms with Crippen molar-refractivity contribution < 1.29 is 48.6 Å². The molecule has 26 heavy (non-hydrogen) atoms. The fraction of sp³-hybridized carbons (Fsp3) is 0.300. The smallest absolute Gasteiger partial charge is 0.549 e. The number of hydrogen-bond acceptors (Lipinski definition) is 3. The van der Waals surface area contributed by atoms with Crippen LogP contribution in [0.4, 0.5) is 4.39 Å². The number of carbonyl (C=O) groups is 2. The fourth-order valence-corrected chi connectivity index (χ4v) is 3.01. The Labute approximate surface area is 174 Å². The summed E-state index contributed by atoms with van der Waals surface area (Å²) in [6.07, 6.45) is -0.0734. The van der Waals surface area contributed by atoms with Gasteiger partial charge in [-0.15, -0.1) is 0 Å². The number of carboxylic acids is 1. The van der Waals surface area contributed by atoms with Gasteiger partial charge < -0.3 is 15.2 Å². The van der Waals surface area contributed by atoms with Gasteiger partial charge in [0.2, 0.25) is 5.91 Å². The van der Waals surface area contributed by atoms with E-state index in [9.17, 15) is 19.1 Å². The van der Waals surface area contributed by atoms with Crippen molar-refractivity contribution >= 4 is 11.9 Å². The number of alkyl halides is 1. The van der Waals surface area contributed by atoms with Crippen LogP contribution in [0.25, 0.3) is 0 Å². The zero-order valence-corrected chi connectivity index (χ0v) is 16.9. The molecule has 3 rings (SSSR count). The second-order valence-electron chi connectivity index (χ2n) is 6.54. The monoisotopic (exact) mass is 363 g/mol. The van der Waals surface area contributed by atoms with Gasteiger partial charge in [0.15, 0.2) is 5.67 Å². The van der Waals surface area contributed by atoms with E-state index in [-0.39, 0.29) is 42.4 Å². The average molecular weight is 363 g/mol. The summed E-state index contributed by atoms with van der Waals surface area (Å²) in [5.74, 6) is -2.86. The molecule has 0 bridgehead atoms. The molecule has 1 N–H and O–H groups in total. The summed E-state index contributed by atoms with van der Waals surface area (Å²) in [5, 5.41) is 14.0. The van der Waals surface area contributed by atoms with E-state index < -0.39 is 29.5 Å². The largest absolute Gasteiger partial charge is 1.00 e. The predicted molar refractivity (Wildman–Crippen MR) is 89.3 cm³/mol. The number of nitrogens with one attached hydrogen (secondary N) is 1. The zero-order chi connectivity index (χ0) is 18.0. The number of halogens is 1. The summed E-state index contributed by atoms with van der Waals surface area (Å²) >= 11 is 0. The molecule has 0 radical (unpaired) electrons. The van der Waals surface area contributed by atoms with Crippen molar-refractivity contribution in [2.24, 2.45) is 0 Å². The van der Waals surface area contributed by atoms with Crippen LogP contribution in [-0.2, 0) is 15.3 Å². The van der Waals surface area contributed by atoms with Gasteiger partial charge in [0.05, 0.1) is 6.04 Å². The van der Waals surface area contributed by atoms with Gasteiger partial charge in [-0.2, -0.15) is 0 Å². The minimum Gasteiger partial charge on any atom is -0.549 e. The van der Waals surface area contributed by atoms with Gasteiger partial charge in [-0.25, -0.2) is 4.39 Å². The van der Waals surface area contributed by atoms with Crippen molar-refractivity contribution in [3.63, 3.8) is 0 Å². The molecule has 1 aliphatic carbocycles. The standard InChI is InChI=1S/C20H20FNO3.Na/c1-13-7-9-14(10-8-13)16(19(24)25)11-18(23)22-17-12-20(17,21)15-5-3-2-4-6-15;/h2-10,16-17H,11-12H2,1H3,(H,22,23)(H,24,25);/q;+1/p-1. The first-order chi connectivity index (χ1) is 11.9. The van der Waals surface area contributed by atoms with Crippen molar-refractivity contribution in [2.75, 3.05) is 0 Å². The molecule has 0 aliphatic heterocycles. The molecule has 4 nitrogen and oxygen atoms in total. The number of benzene rings is 2. The zero-order valence-electron chi connectivity index (χ0n) is 14.9. The number of carboxylic acid groups (broad SMARTS) is 1. The summed E-state index contributed by atoms with van der Waals surface area (Å²) in [6.45, 7) is 1.89. The molecule has 1 fully saturated rings. The van der Waals surface area contributed by atoms with E-state index in [1.54, 1.807) is 54.6 Å². The third-order valence-electron chi connectivity index (χ3n) is 4.64. The normalized spacial score (nSPS) is 22.0. The van der Waals surface area contributed by atoms with E-state index in [0.717, 1.165) is 5.56 Å². The minimum absolute atomic E-state index is 0. The summed E-state index contributed by atoms with van der Waals surface area (Å²) in [5.41, 5.74) is 0.451. The van der Waals surface area contributed by atoms with Gasteiger partial charge in [0.25, 0.3) is 0 Å². The van der Waals surface area contributed by atoms with Crippen molar-refractivity contribution in [3.8, 4) is 0 Å². The molecule has 6 heteroatoms. The number of hydrogen-bond donors (Lipinski definition) is 1. The molecule has 130 valence electrons. The number of rotatable bonds is 6. The molecule has 1 amide bonds. The molecule has 0 aromatic heterocycles. The Morgan fingerprint density at radius 2 is 1.81 bits per heavy atom. The van der Waals surface area contributed by atoms with Crippen LogP contribution in [0.5, 0.6) is 0 Å². The Balaban J connectivity index is 0.00000243. The number of aryl methyl sites for hydroxylation is 1. The molecule has 2 aromatic carbocycles. The Morgan fingerprint density at radius 1 is 1.19 bits per heavy atom. The second kappa shape index (κ2) is 8.33. The third-order valence-corrected chi connectivity index (χ3v) is 4.64. The molecule has 2 aromatic rings. The van der Waals surface area contributed by atoms with Gasteiger partial charge >= 0.3 is 29.6 Å². The third kappa shape index (κ3) is 4.53. The van der Waals surface area contributed by atoms with Crippen molar-refractivity contribution in [3.05, 3.63) is 71.3 Å². The Bertz CT molecular complexity index is 781. The van der Waals surface area contributed by atoms with E-state index in [1.807, 2.05) is 6.92 Å².